The fraction of sp³-hybridized carbons (Fsp3) is 0.562. The molecule has 0 amide bonds. The molecule has 1 fully saturated rings. The highest BCUT2D eigenvalue weighted by Crippen LogP contribution is 2.27. The summed E-state index contributed by atoms with van der Waals surface area (Å²) in [5.74, 6) is 0.447. The smallest absolute Gasteiger partial charge is 0.193 e. The number of aliphatic imine (C=N–C) groups is 1. The van der Waals surface area contributed by atoms with Crippen LogP contribution in [0.15, 0.2) is 23.2 Å². The van der Waals surface area contributed by atoms with Crippen LogP contribution in [0.5, 0.6) is 0 Å². The van der Waals surface area contributed by atoms with Crippen molar-refractivity contribution in [2.45, 2.75) is 31.8 Å². The fourth-order valence-electron chi connectivity index (χ4n) is 2.92. The van der Waals surface area contributed by atoms with Gasteiger partial charge in [-0.3, -0.25) is 4.99 Å². The first kappa shape index (κ1) is 17.5. The number of aryl methyl sites for hydroxylation is 1. The molecule has 22 heavy (non-hydrogen) atoms. The van der Waals surface area contributed by atoms with E-state index in [1.807, 2.05) is 0 Å². The zero-order valence-corrected chi connectivity index (χ0v) is 15.0. The van der Waals surface area contributed by atoms with Crippen molar-refractivity contribution in [2.75, 3.05) is 31.7 Å². The van der Waals surface area contributed by atoms with Crippen LogP contribution in [-0.4, -0.2) is 38.4 Å². The summed E-state index contributed by atoms with van der Waals surface area (Å²) in [5, 5.41) is 3.24. The lowest BCUT2D eigenvalue weighted by molar-refractivity contribution is -0.0832. The average molecular weight is 417 g/mol. The molecular formula is C16H24IN3O2. The average Bonchev–Trinajstić information content (AvgIpc) is 2.54. The summed E-state index contributed by atoms with van der Waals surface area (Å²) in [4.78, 5) is 4.37. The molecule has 1 aromatic rings. The van der Waals surface area contributed by atoms with E-state index >= 15 is 0 Å². The minimum absolute atomic E-state index is 0. The molecule has 1 aromatic carbocycles. The molecule has 1 atom stereocenters. The lowest BCUT2D eigenvalue weighted by Crippen LogP contribution is -2.33. The first-order valence-corrected chi connectivity index (χ1v) is 7.70. The van der Waals surface area contributed by atoms with Gasteiger partial charge in [-0.15, -0.1) is 24.0 Å². The van der Waals surface area contributed by atoms with Crippen LogP contribution in [0.4, 0.5) is 5.69 Å². The van der Waals surface area contributed by atoms with E-state index in [0.717, 1.165) is 18.5 Å². The van der Waals surface area contributed by atoms with Gasteiger partial charge in [0.15, 0.2) is 5.96 Å². The molecule has 3 rings (SSSR count). The van der Waals surface area contributed by atoms with Crippen LogP contribution in [0, 0.1) is 0 Å². The second-order valence-corrected chi connectivity index (χ2v) is 5.57. The lowest BCUT2D eigenvalue weighted by atomic mass is 9.90. The summed E-state index contributed by atoms with van der Waals surface area (Å²) in [6.07, 6.45) is 4.82. The number of anilines is 1. The Hall–Kier alpha value is -0.860. The maximum atomic E-state index is 6.00. The van der Waals surface area contributed by atoms with Crippen molar-refractivity contribution in [3.8, 4) is 0 Å². The highest BCUT2D eigenvalue weighted by atomic mass is 127. The van der Waals surface area contributed by atoms with Gasteiger partial charge in [0.1, 0.15) is 6.10 Å². The molecule has 0 saturated carbocycles. The SMILES string of the molecule is I.NC(=NCC1COCCO1)Nc1cccc2c1CCCC2. The molecule has 2 aliphatic rings. The third-order valence-corrected chi connectivity index (χ3v) is 4.01. The van der Waals surface area contributed by atoms with E-state index in [2.05, 4.69) is 28.5 Å². The second-order valence-electron chi connectivity index (χ2n) is 5.57. The Bertz CT molecular complexity index is 516. The Morgan fingerprint density at radius 2 is 2.14 bits per heavy atom. The summed E-state index contributed by atoms with van der Waals surface area (Å²) in [6.45, 7) is 2.44. The van der Waals surface area contributed by atoms with Crippen molar-refractivity contribution >= 4 is 35.6 Å². The molecule has 0 spiro atoms. The number of ether oxygens (including phenoxy) is 2. The van der Waals surface area contributed by atoms with Crippen molar-refractivity contribution in [2.24, 2.45) is 10.7 Å². The summed E-state index contributed by atoms with van der Waals surface area (Å²) in [6, 6.07) is 6.37. The van der Waals surface area contributed by atoms with Crippen LogP contribution in [-0.2, 0) is 22.3 Å². The third kappa shape index (κ3) is 4.57. The fourth-order valence-corrected chi connectivity index (χ4v) is 2.92. The number of halogens is 1. The second kappa shape index (κ2) is 8.69. The minimum atomic E-state index is 0. The molecule has 122 valence electrons. The van der Waals surface area contributed by atoms with Gasteiger partial charge in [-0.2, -0.15) is 0 Å². The van der Waals surface area contributed by atoms with Gasteiger partial charge in [0, 0.05) is 5.69 Å². The highest BCUT2D eigenvalue weighted by molar-refractivity contribution is 14.0. The van der Waals surface area contributed by atoms with Gasteiger partial charge in [-0.05, 0) is 42.9 Å². The van der Waals surface area contributed by atoms with Gasteiger partial charge in [0.25, 0.3) is 0 Å². The molecule has 1 heterocycles. The van der Waals surface area contributed by atoms with E-state index in [1.165, 1.54) is 24.0 Å². The number of nitrogens with two attached hydrogens (primary N) is 1. The van der Waals surface area contributed by atoms with Crippen LogP contribution >= 0.6 is 24.0 Å². The molecule has 6 heteroatoms. The standard InChI is InChI=1S/C16H23N3O2.HI/c17-16(18-10-13-11-20-8-9-21-13)19-15-7-3-5-12-4-1-2-6-14(12)15;/h3,5,7,13H,1-2,4,6,8-11H2,(H3,17,18,19);1H. The van der Waals surface area contributed by atoms with E-state index in [-0.39, 0.29) is 30.1 Å². The number of nitrogens with one attached hydrogen (secondary N) is 1. The summed E-state index contributed by atoms with van der Waals surface area (Å²) in [7, 11) is 0. The minimum Gasteiger partial charge on any atom is -0.376 e. The quantitative estimate of drug-likeness (QED) is 0.450. The Kier molecular flexibility index (Phi) is 6.91. The molecule has 0 aromatic heterocycles. The monoisotopic (exact) mass is 417 g/mol. The zero-order chi connectivity index (χ0) is 14.5. The first-order valence-electron chi connectivity index (χ1n) is 7.70. The number of benzene rings is 1. The molecular weight excluding hydrogens is 393 g/mol. The Labute approximate surface area is 148 Å². The molecule has 0 bridgehead atoms. The van der Waals surface area contributed by atoms with E-state index in [4.69, 9.17) is 15.2 Å². The number of hydrogen-bond acceptors (Lipinski definition) is 3. The molecule has 1 saturated heterocycles. The van der Waals surface area contributed by atoms with Gasteiger partial charge < -0.3 is 20.5 Å². The highest BCUT2D eigenvalue weighted by Gasteiger charge is 2.15. The first-order chi connectivity index (χ1) is 10.3. The number of hydrogen-bond donors (Lipinski definition) is 2. The maximum Gasteiger partial charge on any atom is 0.193 e. The molecule has 3 N–H and O–H groups in total. The van der Waals surface area contributed by atoms with Gasteiger partial charge in [-0.1, -0.05) is 12.1 Å². The van der Waals surface area contributed by atoms with Crippen LogP contribution in [0.25, 0.3) is 0 Å². The third-order valence-electron chi connectivity index (χ3n) is 4.01. The zero-order valence-electron chi connectivity index (χ0n) is 12.7. The van der Waals surface area contributed by atoms with Crippen molar-refractivity contribution < 1.29 is 9.47 Å². The topological polar surface area (TPSA) is 68.9 Å². The molecule has 1 unspecified atom stereocenters. The Morgan fingerprint density at radius 3 is 2.95 bits per heavy atom. The lowest BCUT2D eigenvalue weighted by Gasteiger charge is -2.22. The van der Waals surface area contributed by atoms with Crippen LogP contribution in [0.1, 0.15) is 24.0 Å². The Morgan fingerprint density at radius 1 is 1.27 bits per heavy atom. The molecule has 1 aliphatic heterocycles. The number of nitrogens with zero attached hydrogens (tertiary/aromatic N) is 1. The van der Waals surface area contributed by atoms with E-state index in [9.17, 15) is 0 Å². The van der Waals surface area contributed by atoms with Crippen molar-refractivity contribution in [3.05, 3.63) is 29.3 Å². The molecule has 0 radical (unpaired) electrons. The predicted molar refractivity (Wildman–Crippen MR) is 99.2 cm³/mol. The maximum absolute atomic E-state index is 6.00. The van der Waals surface area contributed by atoms with E-state index < -0.39 is 0 Å². The van der Waals surface area contributed by atoms with E-state index in [0.29, 0.717) is 32.3 Å². The number of fused-ring (bicyclic) bond motifs is 1. The van der Waals surface area contributed by atoms with E-state index in [1.54, 1.807) is 0 Å². The molecule has 5 nitrogen and oxygen atoms in total. The summed E-state index contributed by atoms with van der Waals surface area (Å²) in [5.41, 5.74) is 9.91. The van der Waals surface area contributed by atoms with Crippen molar-refractivity contribution in [1.29, 1.82) is 0 Å². The van der Waals surface area contributed by atoms with Gasteiger partial charge in [0.05, 0.1) is 26.4 Å². The van der Waals surface area contributed by atoms with Gasteiger partial charge in [-0.25, -0.2) is 0 Å². The van der Waals surface area contributed by atoms with Gasteiger partial charge in [0.2, 0.25) is 0 Å². The van der Waals surface area contributed by atoms with Crippen molar-refractivity contribution in [3.63, 3.8) is 0 Å². The summed E-state index contributed by atoms with van der Waals surface area (Å²) >= 11 is 0. The Balaban J connectivity index is 0.00000176. The largest absolute Gasteiger partial charge is 0.376 e. The van der Waals surface area contributed by atoms with Crippen molar-refractivity contribution in [1.82, 2.24) is 0 Å². The number of guanidine groups is 1. The number of rotatable bonds is 3. The predicted octanol–water partition coefficient (Wildman–Crippen LogP) is 2.33. The van der Waals surface area contributed by atoms with Crippen LogP contribution in [0.2, 0.25) is 0 Å². The molecule has 1 aliphatic carbocycles. The normalized spacial score (nSPS) is 21.6. The van der Waals surface area contributed by atoms with Gasteiger partial charge >= 0.3 is 0 Å². The van der Waals surface area contributed by atoms with Crippen LogP contribution < -0.4 is 11.1 Å². The summed E-state index contributed by atoms with van der Waals surface area (Å²) < 4.78 is 10.9. The van der Waals surface area contributed by atoms with Crippen LogP contribution in [0.3, 0.4) is 0 Å².